The Hall–Kier alpha value is -1.48. The van der Waals surface area contributed by atoms with Crippen molar-refractivity contribution in [1.82, 2.24) is 10.3 Å². The summed E-state index contributed by atoms with van der Waals surface area (Å²) < 4.78 is 0. The van der Waals surface area contributed by atoms with Gasteiger partial charge >= 0.3 is 0 Å². The van der Waals surface area contributed by atoms with Gasteiger partial charge in [-0.1, -0.05) is 37.4 Å². The molecule has 1 aromatic carbocycles. The van der Waals surface area contributed by atoms with Crippen molar-refractivity contribution in [2.24, 2.45) is 0 Å². The van der Waals surface area contributed by atoms with Crippen LogP contribution in [-0.2, 0) is 0 Å². The van der Waals surface area contributed by atoms with Crippen molar-refractivity contribution in [2.45, 2.75) is 26.2 Å². The molecule has 18 heavy (non-hydrogen) atoms. The first kappa shape index (κ1) is 13.0. The monoisotopic (exact) mass is 264 g/mol. The number of rotatable bonds is 5. The highest BCUT2D eigenvalue weighted by Gasteiger charge is 2.08. The van der Waals surface area contributed by atoms with Crippen molar-refractivity contribution < 1.29 is 4.79 Å². The molecule has 0 atom stereocenters. The van der Waals surface area contributed by atoms with Gasteiger partial charge in [-0.25, -0.2) is 0 Å². The first-order valence-electron chi connectivity index (χ1n) is 6.27. The van der Waals surface area contributed by atoms with E-state index in [0.29, 0.717) is 10.7 Å². The van der Waals surface area contributed by atoms with E-state index >= 15 is 0 Å². The summed E-state index contributed by atoms with van der Waals surface area (Å²) in [6.07, 6.45) is 3.32. The lowest BCUT2D eigenvalue weighted by Crippen LogP contribution is -2.24. The van der Waals surface area contributed by atoms with Gasteiger partial charge in [0.2, 0.25) is 0 Å². The Morgan fingerprint density at radius 1 is 1.33 bits per heavy atom. The standard InChI is InChI=1S/C14H17ClN2O/c1-2-3-4-7-16-14(18)13-8-10-5-6-11(15)9-12(10)17-13/h5-6,8-9,17H,2-4,7H2,1H3,(H,16,18). The molecule has 0 saturated heterocycles. The van der Waals surface area contributed by atoms with E-state index in [1.807, 2.05) is 24.3 Å². The van der Waals surface area contributed by atoms with Crippen molar-refractivity contribution in [1.29, 1.82) is 0 Å². The van der Waals surface area contributed by atoms with Crippen LogP contribution in [-0.4, -0.2) is 17.4 Å². The van der Waals surface area contributed by atoms with E-state index in [1.165, 1.54) is 0 Å². The predicted molar refractivity (Wildman–Crippen MR) is 75.2 cm³/mol. The lowest BCUT2D eigenvalue weighted by Gasteiger charge is -2.02. The molecule has 0 bridgehead atoms. The number of H-pyrrole nitrogens is 1. The number of fused-ring (bicyclic) bond motifs is 1. The van der Waals surface area contributed by atoms with Gasteiger partial charge in [-0.15, -0.1) is 0 Å². The number of aromatic amines is 1. The van der Waals surface area contributed by atoms with Crippen molar-refractivity contribution in [2.75, 3.05) is 6.54 Å². The van der Waals surface area contributed by atoms with Crippen molar-refractivity contribution >= 4 is 28.4 Å². The molecule has 3 nitrogen and oxygen atoms in total. The zero-order chi connectivity index (χ0) is 13.0. The average molecular weight is 265 g/mol. The van der Waals surface area contributed by atoms with Crippen molar-refractivity contribution in [3.05, 3.63) is 35.0 Å². The molecule has 0 fully saturated rings. The Kier molecular flexibility index (Phi) is 4.26. The Bertz CT molecular complexity index is 548. The van der Waals surface area contributed by atoms with Gasteiger partial charge < -0.3 is 10.3 Å². The van der Waals surface area contributed by atoms with Crippen LogP contribution in [0.1, 0.15) is 36.7 Å². The molecule has 4 heteroatoms. The maximum absolute atomic E-state index is 11.9. The maximum Gasteiger partial charge on any atom is 0.267 e. The average Bonchev–Trinajstić information content (AvgIpc) is 2.77. The molecule has 0 unspecified atom stereocenters. The number of nitrogens with one attached hydrogen (secondary N) is 2. The van der Waals surface area contributed by atoms with Gasteiger partial charge in [-0.3, -0.25) is 4.79 Å². The van der Waals surface area contributed by atoms with Gasteiger partial charge in [-0.05, 0) is 24.6 Å². The molecule has 0 aliphatic carbocycles. The van der Waals surface area contributed by atoms with E-state index in [0.717, 1.165) is 36.7 Å². The number of aromatic nitrogens is 1. The first-order valence-corrected chi connectivity index (χ1v) is 6.65. The van der Waals surface area contributed by atoms with Gasteiger partial charge in [0.05, 0.1) is 0 Å². The Balaban J connectivity index is 2.04. The van der Waals surface area contributed by atoms with E-state index in [4.69, 9.17) is 11.6 Å². The number of carbonyl (C=O) groups excluding carboxylic acids is 1. The minimum Gasteiger partial charge on any atom is -0.351 e. The highest BCUT2D eigenvalue weighted by atomic mass is 35.5. The Morgan fingerprint density at radius 3 is 2.94 bits per heavy atom. The third-order valence-corrected chi connectivity index (χ3v) is 3.13. The third-order valence-electron chi connectivity index (χ3n) is 2.90. The Morgan fingerprint density at radius 2 is 2.17 bits per heavy atom. The van der Waals surface area contributed by atoms with E-state index < -0.39 is 0 Å². The van der Waals surface area contributed by atoms with Crippen molar-refractivity contribution in [3.8, 4) is 0 Å². The van der Waals surface area contributed by atoms with Crippen LogP contribution in [0.4, 0.5) is 0 Å². The summed E-state index contributed by atoms with van der Waals surface area (Å²) >= 11 is 5.91. The predicted octanol–water partition coefficient (Wildman–Crippen LogP) is 3.74. The van der Waals surface area contributed by atoms with Crippen LogP contribution in [0, 0.1) is 0 Å². The number of halogens is 1. The molecule has 0 saturated carbocycles. The fraction of sp³-hybridized carbons (Fsp3) is 0.357. The minimum absolute atomic E-state index is 0.0570. The highest BCUT2D eigenvalue weighted by molar-refractivity contribution is 6.31. The molecule has 1 aromatic heterocycles. The molecule has 2 N–H and O–H groups in total. The fourth-order valence-corrected chi connectivity index (χ4v) is 2.07. The number of unbranched alkanes of at least 4 members (excludes halogenated alkanes) is 2. The maximum atomic E-state index is 11.9. The smallest absolute Gasteiger partial charge is 0.267 e. The second-order valence-electron chi connectivity index (χ2n) is 4.38. The lowest BCUT2D eigenvalue weighted by atomic mass is 10.2. The fourth-order valence-electron chi connectivity index (χ4n) is 1.89. The third kappa shape index (κ3) is 3.05. The van der Waals surface area contributed by atoms with Crippen LogP contribution >= 0.6 is 11.6 Å². The van der Waals surface area contributed by atoms with E-state index in [2.05, 4.69) is 17.2 Å². The number of hydrogen-bond acceptors (Lipinski definition) is 1. The summed E-state index contributed by atoms with van der Waals surface area (Å²) in [5, 5.41) is 4.57. The molecule has 96 valence electrons. The largest absolute Gasteiger partial charge is 0.351 e. The molecule has 1 amide bonds. The summed E-state index contributed by atoms with van der Waals surface area (Å²) in [5.74, 6) is -0.0570. The first-order chi connectivity index (χ1) is 8.70. The summed E-state index contributed by atoms with van der Waals surface area (Å²) in [6.45, 7) is 2.87. The summed E-state index contributed by atoms with van der Waals surface area (Å²) in [6, 6.07) is 7.40. The van der Waals surface area contributed by atoms with Crippen LogP contribution in [0.5, 0.6) is 0 Å². The van der Waals surface area contributed by atoms with Crippen LogP contribution in [0.3, 0.4) is 0 Å². The molecule has 0 aliphatic heterocycles. The topological polar surface area (TPSA) is 44.9 Å². The van der Waals surface area contributed by atoms with Crippen LogP contribution < -0.4 is 5.32 Å². The van der Waals surface area contributed by atoms with Gasteiger partial charge in [0, 0.05) is 22.5 Å². The molecule has 0 radical (unpaired) electrons. The second-order valence-corrected chi connectivity index (χ2v) is 4.81. The van der Waals surface area contributed by atoms with Crippen molar-refractivity contribution in [3.63, 3.8) is 0 Å². The molecule has 2 rings (SSSR count). The number of amides is 1. The SMILES string of the molecule is CCCCCNC(=O)c1cc2ccc(Cl)cc2[nH]1. The lowest BCUT2D eigenvalue weighted by molar-refractivity contribution is 0.0949. The summed E-state index contributed by atoms with van der Waals surface area (Å²) in [4.78, 5) is 15.0. The molecular formula is C14H17ClN2O. The minimum atomic E-state index is -0.0570. The number of benzene rings is 1. The quantitative estimate of drug-likeness (QED) is 0.794. The molecule has 2 aromatic rings. The second kappa shape index (κ2) is 5.91. The van der Waals surface area contributed by atoms with Gasteiger partial charge in [0.15, 0.2) is 0 Å². The molecule has 0 aliphatic rings. The molecule has 1 heterocycles. The van der Waals surface area contributed by atoms with Crippen LogP contribution in [0.25, 0.3) is 10.9 Å². The van der Waals surface area contributed by atoms with E-state index in [9.17, 15) is 4.79 Å². The van der Waals surface area contributed by atoms with Gasteiger partial charge in [-0.2, -0.15) is 0 Å². The number of hydrogen-bond donors (Lipinski definition) is 2. The van der Waals surface area contributed by atoms with E-state index in [1.54, 1.807) is 0 Å². The Labute approximate surface area is 112 Å². The molecular weight excluding hydrogens is 248 g/mol. The highest BCUT2D eigenvalue weighted by Crippen LogP contribution is 2.19. The zero-order valence-corrected chi connectivity index (χ0v) is 11.2. The normalized spacial score (nSPS) is 10.8. The number of carbonyl (C=O) groups is 1. The summed E-state index contributed by atoms with van der Waals surface area (Å²) in [7, 11) is 0. The summed E-state index contributed by atoms with van der Waals surface area (Å²) in [5.41, 5.74) is 1.48. The van der Waals surface area contributed by atoms with Crippen LogP contribution in [0.15, 0.2) is 24.3 Å². The zero-order valence-electron chi connectivity index (χ0n) is 10.4. The van der Waals surface area contributed by atoms with Gasteiger partial charge in [0.1, 0.15) is 5.69 Å². The molecule has 0 spiro atoms. The van der Waals surface area contributed by atoms with Crippen LogP contribution in [0.2, 0.25) is 5.02 Å². The van der Waals surface area contributed by atoms with Gasteiger partial charge in [0.25, 0.3) is 5.91 Å². The van der Waals surface area contributed by atoms with E-state index in [-0.39, 0.29) is 5.91 Å².